The van der Waals surface area contributed by atoms with Crippen LogP contribution in [0.25, 0.3) is 144 Å². The highest BCUT2D eigenvalue weighted by Crippen LogP contribution is 2.46. The summed E-state index contributed by atoms with van der Waals surface area (Å²) >= 11 is 0. The standard InChI is InChI=1S/C64H36N6O2/c65-37-42-34-51(64-67-62(38-16-4-1-5-17-38)66-63(68-64)39-18-6-2-7-19-39)59-46-24-12-15-27-57(46)72-61(59)60(42)70-53-30-28-40(41-29-31-58-50(33-41)45-23-11-14-26-56(45)71-58)32-47(53)49-35-48-44-22-10-13-25-52(44)69(54(48)36-55(49)70)43-20-8-3-9-21-43/h1-36H. The van der Waals surface area contributed by atoms with Crippen LogP contribution in [0.2, 0.25) is 0 Å². The molecular weight excluding hydrogens is 885 g/mol. The van der Waals surface area contributed by atoms with E-state index in [9.17, 15) is 5.26 Å². The third kappa shape index (κ3) is 5.95. The van der Waals surface area contributed by atoms with E-state index in [-0.39, 0.29) is 0 Å². The van der Waals surface area contributed by atoms with Crippen LogP contribution in [0.5, 0.6) is 0 Å². The average molecular weight is 921 g/mol. The maximum absolute atomic E-state index is 11.6. The first kappa shape index (κ1) is 39.9. The molecule has 15 aromatic rings. The van der Waals surface area contributed by atoms with Crippen molar-refractivity contribution >= 4 is 87.5 Å². The Hall–Kier alpha value is -10.1. The lowest BCUT2D eigenvalue weighted by Gasteiger charge is -2.15. The van der Waals surface area contributed by atoms with Crippen molar-refractivity contribution in [1.29, 1.82) is 5.26 Å². The van der Waals surface area contributed by atoms with E-state index in [0.29, 0.717) is 45.5 Å². The molecule has 0 amide bonds. The number of para-hydroxylation sites is 4. The number of hydrogen-bond donors (Lipinski definition) is 0. The predicted molar refractivity (Wildman–Crippen MR) is 290 cm³/mol. The molecule has 0 fully saturated rings. The van der Waals surface area contributed by atoms with Gasteiger partial charge in [0.2, 0.25) is 0 Å². The second-order valence-corrected chi connectivity index (χ2v) is 18.2. The van der Waals surface area contributed by atoms with Crippen LogP contribution in [-0.2, 0) is 0 Å². The first-order valence-corrected chi connectivity index (χ1v) is 23.9. The molecule has 0 N–H and O–H groups in total. The van der Waals surface area contributed by atoms with Crippen molar-refractivity contribution in [1.82, 2.24) is 24.1 Å². The van der Waals surface area contributed by atoms with E-state index < -0.39 is 0 Å². The summed E-state index contributed by atoms with van der Waals surface area (Å²) in [4.78, 5) is 15.4. The van der Waals surface area contributed by atoms with Crippen LogP contribution in [0.3, 0.4) is 0 Å². The molecule has 8 nitrogen and oxygen atoms in total. The largest absolute Gasteiger partial charge is 0.456 e. The van der Waals surface area contributed by atoms with Crippen LogP contribution in [-0.4, -0.2) is 24.1 Å². The van der Waals surface area contributed by atoms with Crippen LogP contribution in [0.15, 0.2) is 227 Å². The second-order valence-electron chi connectivity index (χ2n) is 18.2. The van der Waals surface area contributed by atoms with Gasteiger partial charge in [-0.2, -0.15) is 5.26 Å². The van der Waals surface area contributed by atoms with Gasteiger partial charge >= 0.3 is 0 Å². The Labute approximate surface area is 410 Å². The number of aromatic nitrogens is 5. The minimum Gasteiger partial charge on any atom is -0.456 e. The van der Waals surface area contributed by atoms with E-state index in [0.717, 1.165) is 104 Å². The first-order chi connectivity index (χ1) is 35.6. The quantitative estimate of drug-likeness (QED) is 0.165. The predicted octanol–water partition coefficient (Wildman–Crippen LogP) is 16.4. The van der Waals surface area contributed by atoms with Gasteiger partial charge in [0.05, 0.1) is 27.6 Å². The Balaban J connectivity index is 1.06. The van der Waals surface area contributed by atoms with Crippen LogP contribution in [0.1, 0.15) is 5.56 Å². The van der Waals surface area contributed by atoms with Gasteiger partial charge in [0.25, 0.3) is 0 Å². The summed E-state index contributed by atoms with van der Waals surface area (Å²) in [6, 6.07) is 77.5. The average Bonchev–Trinajstić information content (AvgIpc) is 4.20. The van der Waals surface area contributed by atoms with E-state index >= 15 is 0 Å². The van der Waals surface area contributed by atoms with Crippen molar-refractivity contribution in [3.05, 3.63) is 224 Å². The zero-order valence-electron chi connectivity index (χ0n) is 38.3. The van der Waals surface area contributed by atoms with E-state index in [2.05, 4.69) is 130 Å². The van der Waals surface area contributed by atoms with Gasteiger partial charge in [-0.1, -0.05) is 146 Å². The number of nitriles is 1. The topological polar surface area (TPSA) is 98.6 Å². The normalized spacial score (nSPS) is 11.9. The van der Waals surface area contributed by atoms with Crippen LogP contribution in [0.4, 0.5) is 0 Å². The summed E-state index contributed by atoms with van der Waals surface area (Å²) in [5.74, 6) is 1.49. The molecule has 0 unspecified atom stereocenters. The monoisotopic (exact) mass is 920 g/mol. The molecule has 72 heavy (non-hydrogen) atoms. The number of benzene rings is 10. The van der Waals surface area contributed by atoms with Gasteiger partial charge in [-0.25, -0.2) is 15.0 Å². The van der Waals surface area contributed by atoms with Crippen molar-refractivity contribution in [2.24, 2.45) is 0 Å². The molecule has 0 spiro atoms. The fourth-order valence-corrected chi connectivity index (χ4v) is 11.0. The van der Waals surface area contributed by atoms with Gasteiger partial charge in [0.1, 0.15) is 28.5 Å². The minimum absolute atomic E-state index is 0.406. The highest BCUT2D eigenvalue weighted by Gasteiger charge is 2.27. The molecule has 8 heteroatoms. The van der Waals surface area contributed by atoms with Gasteiger partial charge in [0, 0.05) is 65.5 Å². The molecule has 0 radical (unpaired) electrons. The number of fused-ring (bicyclic) bond motifs is 12. The van der Waals surface area contributed by atoms with Gasteiger partial charge in [-0.15, -0.1) is 0 Å². The molecule has 5 heterocycles. The summed E-state index contributed by atoms with van der Waals surface area (Å²) in [5, 5.41) is 19.7. The van der Waals surface area contributed by atoms with E-state index in [1.54, 1.807) is 0 Å². The highest BCUT2D eigenvalue weighted by atomic mass is 16.3. The number of furan rings is 2. The lowest BCUT2D eigenvalue weighted by Crippen LogP contribution is -2.03. The maximum atomic E-state index is 11.6. The minimum atomic E-state index is 0.406. The Morgan fingerprint density at radius 1 is 0.361 bits per heavy atom. The first-order valence-electron chi connectivity index (χ1n) is 23.9. The molecule has 5 aromatic heterocycles. The van der Waals surface area contributed by atoms with E-state index in [4.69, 9.17) is 23.8 Å². The van der Waals surface area contributed by atoms with Gasteiger partial charge in [-0.3, -0.25) is 0 Å². The summed E-state index contributed by atoms with van der Waals surface area (Å²) < 4.78 is 17.9. The summed E-state index contributed by atoms with van der Waals surface area (Å²) in [6.45, 7) is 0. The van der Waals surface area contributed by atoms with Crippen molar-refractivity contribution in [2.45, 2.75) is 0 Å². The van der Waals surface area contributed by atoms with Gasteiger partial charge < -0.3 is 18.0 Å². The Bertz CT molecular complexity index is 4690. The van der Waals surface area contributed by atoms with Gasteiger partial charge in [0.15, 0.2) is 23.1 Å². The van der Waals surface area contributed by atoms with Crippen LogP contribution >= 0.6 is 0 Å². The molecule has 0 saturated carbocycles. The van der Waals surface area contributed by atoms with Crippen LogP contribution in [0, 0.1) is 11.3 Å². The molecule has 10 aromatic carbocycles. The van der Waals surface area contributed by atoms with Crippen molar-refractivity contribution in [3.8, 4) is 62.7 Å². The van der Waals surface area contributed by atoms with Crippen LogP contribution < -0.4 is 0 Å². The summed E-state index contributed by atoms with van der Waals surface area (Å²) in [5.41, 5.74) is 13.5. The molecule has 15 rings (SSSR count). The SMILES string of the molecule is N#Cc1cc(-c2nc(-c3ccccc3)nc(-c3ccccc3)n2)c2c(oc3ccccc32)c1-n1c2ccc(-c3ccc4oc5ccccc5c4c3)cc2c2cc3c4ccccc4n(-c4ccccc4)c3cc21. The van der Waals surface area contributed by atoms with E-state index in [1.165, 1.54) is 0 Å². The number of rotatable bonds is 6. The van der Waals surface area contributed by atoms with Gasteiger partial charge in [-0.05, 0) is 83.9 Å². The summed E-state index contributed by atoms with van der Waals surface area (Å²) in [7, 11) is 0. The molecular formula is C64H36N6O2. The third-order valence-corrected chi connectivity index (χ3v) is 14.2. The zero-order valence-corrected chi connectivity index (χ0v) is 38.3. The Kier molecular flexibility index (Phi) is 8.55. The number of hydrogen-bond acceptors (Lipinski definition) is 6. The lowest BCUT2D eigenvalue weighted by molar-refractivity contribution is 0.666. The fourth-order valence-electron chi connectivity index (χ4n) is 11.0. The summed E-state index contributed by atoms with van der Waals surface area (Å²) in [6.07, 6.45) is 0. The smallest absolute Gasteiger partial charge is 0.164 e. The zero-order chi connectivity index (χ0) is 47.4. The molecule has 0 atom stereocenters. The molecule has 0 aliphatic rings. The number of nitrogens with zero attached hydrogens (tertiary/aromatic N) is 6. The van der Waals surface area contributed by atoms with E-state index in [1.807, 2.05) is 103 Å². The lowest BCUT2D eigenvalue weighted by atomic mass is 9.99. The molecule has 334 valence electrons. The maximum Gasteiger partial charge on any atom is 0.164 e. The Morgan fingerprint density at radius 2 is 0.889 bits per heavy atom. The fraction of sp³-hybridized carbons (Fsp3) is 0. The molecule has 0 saturated heterocycles. The molecule has 0 aliphatic carbocycles. The van der Waals surface area contributed by atoms with Crippen molar-refractivity contribution in [3.63, 3.8) is 0 Å². The molecule has 0 aliphatic heterocycles. The second kappa shape index (κ2) is 15.5. The highest BCUT2D eigenvalue weighted by molar-refractivity contribution is 6.22. The third-order valence-electron chi connectivity index (χ3n) is 14.2. The molecule has 0 bridgehead atoms. The van der Waals surface area contributed by atoms with Crippen molar-refractivity contribution < 1.29 is 8.83 Å². The van der Waals surface area contributed by atoms with Crippen molar-refractivity contribution in [2.75, 3.05) is 0 Å². The Morgan fingerprint density at radius 3 is 1.61 bits per heavy atom.